The molecule has 1 aromatic carbocycles. The Balaban J connectivity index is 1.45. The minimum Gasteiger partial charge on any atom is -0.497 e. The lowest BCUT2D eigenvalue weighted by Crippen LogP contribution is -2.22. The van der Waals surface area contributed by atoms with Gasteiger partial charge < -0.3 is 9.26 Å². The van der Waals surface area contributed by atoms with Gasteiger partial charge in [-0.25, -0.2) is 4.98 Å². The molecule has 0 bridgehead atoms. The van der Waals surface area contributed by atoms with Crippen LogP contribution in [0.15, 0.2) is 46.0 Å². The molecule has 0 radical (unpaired) electrons. The molecule has 3 aromatic heterocycles. The lowest BCUT2D eigenvalue weighted by Gasteiger charge is -2.17. The molecule has 0 fully saturated rings. The van der Waals surface area contributed by atoms with E-state index in [0.29, 0.717) is 18.2 Å². The van der Waals surface area contributed by atoms with Crippen molar-refractivity contribution in [2.24, 2.45) is 5.92 Å². The molecule has 3 heterocycles. The molecule has 1 aliphatic rings. The smallest absolute Gasteiger partial charge is 0.262 e. The van der Waals surface area contributed by atoms with Gasteiger partial charge in [-0.1, -0.05) is 12.1 Å². The number of rotatable bonds is 4. The van der Waals surface area contributed by atoms with Crippen molar-refractivity contribution in [3.8, 4) is 17.0 Å². The van der Waals surface area contributed by atoms with Crippen molar-refractivity contribution < 1.29 is 9.26 Å². The Labute approximate surface area is 171 Å². The predicted octanol–water partition coefficient (Wildman–Crippen LogP) is 4.29. The molecule has 1 unspecified atom stereocenters. The average molecular weight is 407 g/mol. The summed E-state index contributed by atoms with van der Waals surface area (Å²) in [5.41, 5.74) is 2.87. The van der Waals surface area contributed by atoms with E-state index in [9.17, 15) is 4.79 Å². The molecule has 0 aliphatic heterocycles. The molecule has 0 amide bonds. The Hall–Kier alpha value is -2.93. The standard InChI is InChI=1S/C22H21N3O3S/c1-13-3-8-17-19(9-13)29-21-20(17)22(26)25(12-23-21)11-16-10-18(24-28-16)14-4-6-15(27-2)7-5-14/h4-7,10,12-13H,3,8-9,11H2,1-2H3. The van der Waals surface area contributed by atoms with Gasteiger partial charge in [-0.15, -0.1) is 11.3 Å². The van der Waals surface area contributed by atoms with Crippen LogP contribution < -0.4 is 10.3 Å². The highest BCUT2D eigenvalue weighted by Crippen LogP contribution is 2.35. The van der Waals surface area contributed by atoms with Crippen LogP contribution in [-0.2, 0) is 19.4 Å². The summed E-state index contributed by atoms with van der Waals surface area (Å²) in [6, 6.07) is 9.49. The topological polar surface area (TPSA) is 70.2 Å². The van der Waals surface area contributed by atoms with Crippen molar-refractivity contribution in [1.82, 2.24) is 14.7 Å². The molecule has 0 spiro atoms. The zero-order valence-electron chi connectivity index (χ0n) is 16.3. The van der Waals surface area contributed by atoms with Gasteiger partial charge in [0.05, 0.1) is 25.4 Å². The molecular formula is C22H21N3O3S. The summed E-state index contributed by atoms with van der Waals surface area (Å²) in [5, 5.41) is 4.94. The quantitative estimate of drug-likeness (QED) is 0.505. The van der Waals surface area contributed by atoms with Gasteiger partial charge in [0.25, 0.3) is 5.56 Å². The molecule has 0 saturated heterocycles. The van der Waals surface area contributed by atoms with Gasteiger partial charge in [0.1, 0.15) is 16.3 Å². The van der Waals surface area contributed by atoms with Gasteiger partial charge >= 0.3 is 0 Å². The van der Waals surface area contributed by atoms with E-state index >= 15 is 0 Å². The van der Waals surface area contributed by atoms with Gasteiger partial charge in [-0.3, -0.25) is 9.36 Å². The Morgan fingerprint density at radius 1 is 1.31 bits per heavy atom. The second-order valence-corrected chi connectivity index (χ2v) is 8.70. The van der Waals surface area contributed by atoms with Crippen LogP contribution in [0.4, 0.5) is 0 Å². The summed E-state index contributed by atoms with van der Waals surface area (Å²) in [6.45, 7) is 2.58. The van der Waals surface area contributed by atoms with Crippen LogP contribution in [0.25, 0.3) is 21.5 Å². The first-order chi connectivity index (χ1) is 14.1. The van der Waals surface area contributed by atoms with E-state index in [2.05, 4.69) is 17.1 Å². The molecule has 7 heteroatoms. The largest absolute Gasteiger partial charge is 0.497 e. The number of methoxy groups -OCH3 is 1. The molecule has 4 aromatic rings. The van der Waals surface area contributed by atoms with Crippen molar-refractivity contribution in [3.63, 3.8) is 0 Å². The third kappa shape index (κ3) is 3.25. The summed E-state index contributed by atoms with van der Waals surface area (Å²) in [5.74, 6) is 2.08. The van der Waals surface area contributed by atoms with E-state index in [0.717, 1.165) is 46.5 Å². The summed E-state index contributed by atoms with van der Waals surface area (Å²) in [6.07, 6.45) is 4.75. The minimum absolute atomic E-state index is 0.00412. The Morgan fingerprint density at radius 3 is 2.93 bits per heavy atom. The third-order valence-corrected chi connectivity index (χ3v) is 6.72. The molecule has 1 aliphatic carbocycles. The van der Waals surface area contributed by atoms with Crippen LogP contribution in [0.3, 0.4) is 0 Å². The molecule has 5 rings (SSSR count). The van der Waals surface area contributed by atoms with Crippen LogP contribution in [0.5, 0.6) is 5.75 Å². The van der Waals surface area contributed by atoms with Gasteiger partial charge in [0, 0.05) is 16.5 Å². The number of aromatic nitrogens is 3. The normalized spacial score (nSPS) is 16.1. The lowest BCUT2D eigenvalue weighted by molar-refractivity contribution is 0.376. The fourth-order valence-electron chi connectivity index (χ4n) is 3.93. The number of hydrogen-bond donors (Lipinski definition) is 0. The number of ether oxygens (including phenoxy) is 1. The van der Waals surface area contributed by atoms with Gasteiger partial charge in [0.2, 0.25) is 0 Å². The summed E-state index contributed by atoms with van der Waals surface area (Å²) in [4.78, 5) is 19.9. The zero-order chi connectivity index (χ0) is 20.0. The van der Waals surface area contributed by atoms with Crippen LogP contribution >= 0.6 is 11.3 Å². The minimum atomic E-state index is 0.00412. The maximum atomic E-state index is 13.1. The SMILES string of the molecule is COc1ccc(-c2cc(Cn3cnc4sc5c(c4c3=O)CCC(C)C5)on2)cc1. The predicted molar refractivity (Wildman–Crippen MR) is 113 cm³/mol. The van der Waals surface area contributed by atoms with E-state index in [-0.39, 0.29) is 5.56 Å². The second kappa shape index (κ2) is 7.15. The number of nitrogens with zero attached hydrogens (tertiary/aromatic N) is 3. The average Bonchev–Trinajstić information content (AvgIpc) is 3.34. The van der Waals surface area contributed by atoms with Gasteiger partial charge in [-0.05, 0) is 55.0 Å². The molecule has 0 N–H and O–H groups in total. The summed E-state index contributed by atoms with van der Waals surface area (Å²) >= 11 is 1.67. The van der Waals surface area contributed by atoms with Gasteiger partial charge in [0.15, 0.2) is 5.76 Å². The van der Waals surface area contributed by atoms with E-state index in [1.54, 1.807) is 29.3 Å². The maximum absolute atomic E-state index is 13.1. The summed E-state index contributed by atoms with van der Waals surface area (Å²) in [7, 11) is 1.64. The van der Waals surface area contributed by atoms with E-state index in [1.807, 2.05) is 30.3 Å². The van der Waals surface area contributed by atoms with E-state index < -0.39 is 0 Å². The molecule has 148 valence electrons. The van der Waals surface area contributed by atoms with Crippen LogP contribution in [-0.4, -0.2) is 21.8 Å². The highest BCUT2D eigenvalue weighted by Gasteiger charge is 2.23. The number of benzene rings is 1. The first-order valence-corrected chi connectivity index (χ1v) is 10.5. The first kappa shape index (κ1) is 18.1. The van der Waals surface area contributed by atoms with Gasteiger partial charge in [-0.2, -0.15) is 0 Å². The molecule has 29 heavy (non-hydrogen) atoms. The lowest BCUT2D eigenvalue weighted by atomic mass is 9.89. The molecule has 1 atom stereocenters. The van der Waals surface area contributed by atoms with Crippen molar-refractivity contribution in [1.29, 1.82) is 0 Å². The summed E-state index contributed by atoms with van der Waals surface area (Å²) < 4.78 is 12.3. The van der Waals surface area contributed by atoms with Crippen molar-refractivity contribution in [2.75, 3.05) is 7.11 Å². The Bertz CT molecular complexity index is 1240. The highest BCUT2D eigenvalue weighted by atomic mass is 32.1. The van der Waals surface area contributed by atoms with E-state index in [4.69, 9.17) is 9.26 Å². The molecule has 6 nitrogen and oxygen atoms in total. The fraction of sp³-hybridized carbons (Fsp3) is 0.318. The fourth-order valence-corrected chi connectivity index (χ4v) is 5.27. The number of thiophene rings is 1. The molecule has 0 saturated carbocycles. The van der Waals surface area contributed by atoms with Crippen molar-refractivity contribution in [2.45, 2.75) is 32.7 Å². The zero-order valence-corrected chi connectivity index (χ0v) is 17.2. The first-order valence-electron chi connectivity index (χ1n) is 9.72. The molecular weight excluding hydrogens is 386 g/mol. The highest BCUT2D eigenvalue weighted by molar-refractivity contribution is 7.18. The Morgan fingerprint density at radius 2 is 2.14 bits per heavy atom. The van der Waals surface area contributed by atoms with E-state index in [1.165, 1.54) is 10.4 Å². The Kier molecular flexibility index (Phi) is 4.47. The van der Waals surface area contributed by atoms with Crippen LogP contribution in [0.1, 0.15) is 29.5 Å². The number of hydrogen-bond acceptors (Lipinski definition) is 6. The monoisotopic (exact) mass is 407 g/mol. The number of aryl methyl sites for hydroxylation is 1. The third-order valence-electron chi connectivity index (χ3n) is 5.55. The van der Waals surface area contributed by atoms with Crippen LogP contribution in [0, 0.1) is 5.92 Å². The van der Waals surface area contributed by atoms with Crippen LogP contribution in [0.2, 0.25) is 0 Å². The van der Waals surface area contributed by atoms with Crippen molar-refractivity contribution >= 4 is 21.6 Å². The number of fused-ring (bicyclic) bond motifs is 3. The second-order valence-electron chi connectivity index (χ2n) is 7.62. The van der Waals surface area contributed by atoms with Crippen molar-refractivity contribution in [3.05, 3.63) is 63.2 Å². The maximum Gasteiger partial charge on any atom is 0.262 e.